The van der Waals surface area contributed by atoms with Gasteiger partial charge >= 0.3 is 11.9 Å². The van der Waals surface area contributed by atoms with Gasteiger partial charge in [-0.05, 0) is 74.2 Å². The number of unbranched alkanes of at least 4 members (excludes halogenated alkanes) is 6. The van der Waals surface area contributed by atoms with Crippen LogP contribution in [0.15, 0.2) is 48.5 Å². The van der Waals surface area contributed by atoms with E-state index in [4.69, 9.17) is 9.47 Å². The Kier molecular flexibility index (Phi) is 13.8. The highest BCUT2D eigenvalue weighted by molar-refractivity contribution is 7.28. The lowest BCUT2D eigenvalue weighted by atomic mass is 10.2. The van der Waals surface area contributed by atoms with E-state index in [0.29, 0.717) is 26.1 Å². The summed E-state index contributed by atoms with van der Waals surface area (Å²) in [5.41, 5.74) is 0. The number of ether oxygens (including phenoxy) is 2. The molecule has 0 saturated heterocycles. The normalized spacial score (nSPS) is 11.2. The summed E-state index contributed by atoms with van der Waals surface area (Å²) in [6, 6.07) is 17.4. The fourth-order valence-corrected chi connectivity index (χ4v) is 8.82. The van der Waals surface area contributed by atoms with Crippen molar-refractivity contribution >= 4 is 57.3 Å². The van der Waals surface area contributed by atoms with Crippen LogP contribution >= 0.6 is 45.3 Å². The zero-order valence-corrected chi connectivity index (χ0v) is 28.1. The van der Waals surface area contributed by atoms with Crippen molar-refractivity contribution in [1.82, 2.24) is 0 Å². The molecule has 4 heterocycles. The third-order valence-corrected chi connectivity index (χ3v) is 12.0. The molecule has 226 valence electrons. The number of esters is 2. The first kappa shape index (κ1) is 32.6. The summed E-state index contributed by atoms with van der Waals surface area (Å²) in [6.07, 6.45) is 11.3. The number of carbonyl (C=O) groups is 2. The van der Waals surface area contributed by atoms with E-state index in [1.165, 1.54) is 64.7 Å². The Morgan fingerprint density at radius 2 is 0.857 bits per heavy atom. The van der Waals surface area contributed by atoms with Gasteiger partial charge in [0.15, 0.2) is 0 Å². The Morgan fingerprint density at radius 3 is 1.24 bits per heavy atom. The number of aryl methyl sites for hydroxylation is 2. The highest BCUT2D eigenvalue weighted by atomic mass is 32.1. The van der Waals surface area contributed by atoms with Gasteiger partial charge in [0.05, 0.1) is 26.1 Å². The summed E-state index contributed by atoms with van der Waals surface area (Å²) in [5.74, 6) is -0.191. The molecule has 0 aliphatic rings. The molecule has 0 bridgehead atoms. The summed E-state index contributed by atoms with van der Waals surface area (Å²) < 4.78 is 10.8. The molecule has 0 atom stereocenters. The summed E-state index contributed by atoms with van der Waals surface area (Å²) in [4.78, 5) is 34.1. The van der Waals surface area contributed by atoms with Crippen LogP contribution in [0.25, 0.3) is 29.3 Å². The van der Waals surface area contributed by atoms with Crippen molar-refractivity contribution in [3.05, 3.63) is 58.3 Å². The van der Waals surface area contributed by atoms with Crippen molar-refractivity contribution < 1.29 is 19.1 Å². The number of thiophene rings is 4. The van der Waals surface area contributed by atoms with E-state index in [1.807, 2.05) is 22.7 Å². The Hall–Kier alpha value is -2.26. The minimum Gasteiger partial charge on any atom is -0.466 e. The highest BCUT2D eigenvalue weighted by Crippen LogP contribution is 2.43. The van der Waals surface area contributed by atoms with Gasteiger partial charge in [0.25, 0.3) is 0 Å². The molecule has 0 saturated carbocycles. The summed E-state index contributed by atoms with van der Waals surface area (Å²) in [5, 5.41) is 0. The Balaban J connectivity index is 1.24. The molecule has 42 heavy (non-hydrogen) atoms. The van der Waals surface area contributed by atoms with Gasteiger partial charge in [0.1, 0.15) is 0 Å². The monoisotopic (exact) mass is 642 g/mol. The fourth-order valence-electron chi connectivity index (χ4n) is 4.52. The maximum Gasteiger partial charge on any atom is 0.306 e. The van der Waals surface area contributed by atoms with E-state index in [9.17, 15) is 9.59 Å². The van der Waals surface area contributed by atoms with Gasteiger partial charge in [-0.1, -0.05) is 52.4 Å². The molecule has 0 spiro atoms. The number of hydrogen-bond acceptors (Lipinski definition) is 8. The summed E-state index contributed by atoms with van der Waals surface area (Å²) in [7, 11) is 0. The first-order valence-electron chi connectivity index (χ1n) is 15.2. The second kappa shape index (κ2) is 17.8. The predicted molar refractivity (Wildman–Crippen MR) is 181 cm³/mol. The van der Waals surface area contributed by atoms with Crippen molar-refractivity contribution in [3.63, 3.8) is 0 Å². The van der Waals surface area contributed by atoms with Crippen molar-refractivity contribution in [2.75, 3.05) is 13.2 Å². The van der Waals surface area contributed by atoms with Crippen molar-refractivity contribution in [1.29, 1.82) is 0 Å². The Bertz CT molecular complexity index is 1270. The zero-order valence-electron chi connectivity index (χ0n) is 24.8. The average molecular weight is 643 g/mol. The first-order valence-corrected chi connectivity index (χ1v) is 18.5. The molecule has 0 radical (unpaired) electrons. The largest absolute Gasteiger partial charge is 0.466 e. The van der Waals surface area contributed by atoms with Crippen LogP contribution in [-0.2, 0) is 31.9 Å². The van der Waals surface area contributed by atoms with Crippen molar-refractivity contribution in [3.8, 4) is 29.3 Å². The van der Waals surface area contributed by atoms with Crippen LogP contribution < -0.4 is 0 Å². The fraction of sp³-hybridized carbons (Fsp3) is 0.471. The third-order valence-electron chi connectivity index (χ3n) is 6.94. The molecule has 4 rings (SSSR count). The SMILES string of the molecule is CCCCCCOC(=O)CCc1ccc(-c2ccc(-c3ccc(-c4ccc(CCC(=O)OCCCCCC)s4)s3)s2)s1. The number of carbonyl (C=O) groups excluding carboxylic acids is 2. The van der Waals surface area contributed by atoms with Crippen molar-refractivity contribution in [2.45, 2.75) is 90.9 Å². The van der Waals surface area contributed by atoms with Crippen LogP contribution in [0.4, 0.5) is 0 Å². The van der Waals surface area contributed by atoms with Crippen LogP contribution in [0.5, 0.6) is 0 Å². The minimum absolute atomic E-state index is 0.0955. The lowest BCUT2D eigenvalue weighted by Crippen LogP contribution is -2.06. The van der Waals surface area contributed by atoms with E-state index < -0.39 is 0 Å². The van der Waals surface area contributed by atoms with E-state index in [-0.39, 0.29) is 11.9 Å². The molecule has 0 aromatic carbocycles. The summed E-state index contributed by atoms with van der Waals surface area (Å²) >= 11 is 7.15. The third kappa shape index (κ3) is 10.5. The topological polar surface area (TPSA) is 52.6 Å². The molecule has 4 aromatic rings. The number of rotatable bonds is 19. The van der Waals surface area contributed by atoms with Gasteiger partial charge in [-0.25, -0.2) is 0 Å². The molecule has 8 heteroatoms. The van der Waals surface area contributed by atoms with Gasteiger partial charge in [0, 0.05) is 39.0 Å². The van der Waals surface area contributed by atoms with E-state index in [1.54, 1.807) is 22.7 Å². The predicted octanol–water partition coefficient (Wildman–Crippen LogP) is 11.0. The molecule has 0 aliphatic heterocycles. The second-order valence-electron chi connectivity index (χ2n) is 10.4. The number of hydrogen-bond donors (Lipinski definition) is 0. The van der Waals surface area contributed by atoms with E-state index in [0.717, 1.165) is 38.5 Å². The first-order chi connectivity index (χ1) is 20.6. The molecule has 0 aliphatic carbocycles. The molecular formula is C34H42O4S4. The van der Waals surface area contributed by atoms with E-state index in [2.05, 4.69) is 62.4 Å². The van der Waals surface area contributed by atoms with Crippen LogP contribution in [-0.4, -0.2) is 25.2 Å². The molecule has 0 amide bonds. The second-order valence-corrected chi connectivity index (χ2v) is 14.9. The molecule has 4 aromatic heterocycles. The standard InChI is InChI=1S/C34H42O4S4/c1-3-5-7-9-23-37-33(35)21-13-25-11-15-27(39-25)29-17-19-31(41-29)32-20-18-30(42-32)28-16-12-26(40-28)14-22-34(36)38-24-10-8-6-4-2/h11-12,15-20H,3-10,13-14,21-24H2,1-2H3. The molecule has 4 nitrogen and oxygen atoms in total. The molecule has 0 fully saturated rings. The Labute approximate surface area is 266 Å². The van der Waals surface area contributed by atoms with Gasteiger partial charge in [-0.15, -0.1) is 45.3 Å². The van der Waals surface area contributed by atoms with Crippen LogP contribution in [0, 0.1) is 0 Å². The lowest BCUT2D eigenvalue weighted by Gasteiger charge is -2.03. The van der Waals surface area contributed by atoms with Gasteiger partial charge in [-0.2, -0.15) is 0 Å². The summed E-state index contributed by atoms with van der Waals surface area (Å²) in [6.45, 7) is 5.44. The average Bonchev–Trinajstić information content (AvgIpc) is 3.81. The van der Waals surface area contributed by atoms with Crippen LogP contribution in [0.2, 0.25) is 0 Å². The molecule has 0 N–H and O–H groups in total. The molecule has 0 unspecified atom stereocenters. The Morgan fingerprint density at radius 1 is 0.500 bits per heavy atom. The minimum atomic E-state index is -0.0955. The smallest absolute Gasteiger partial charge is 0.306 e. The maximum absolute atomic E-state index is 12.1. The van der Waals surface area contributed by atoms with Crippen molar-refractivity contribution in [2.24, 2.45) is 0 Å². The van der Waals surface area contributed by atoms with Gasteiger partial charge in [0.2, 0.25) is 0 Å². The maximum atomic E-state index is 12.1. The van der Waals surface area contributed by atoms with Gasteiger partial charge in [-0.3, -0.25) is 9.59 Å². The molecular weight excluding hydrogens is 601 g/mol. The van der Waals surface area contributed by atoms with Crippen LogP contribution in [0.1, 0.15) is 87.8 Å². The van der Waals surface area contributed by atoms with Crippen LogP contribution in [0.3, 0.4) is 0 Å². The lowest BCUT2D eigenvalue weighted by molar-refractivity contribution is -0.144. The zero-order chi connectivity index (χ0) is 29.6. The van der Waals surface area contributed by atoms with Gasteiger partial charge < -0.3 is 9.47 Å². The quantitative estimate of drug-likeness (QED) is 0.0754. The highest BCUT2D eigenvalue weighted by Gasteiger charge is 2.13. The van der Waals surface area contributed by atoms with E-state index >= 15 is 0 Å².